The average molecular weight is 286 g/mol. The number of fused-ring (bicyclic) bond motifs is 1. The van der Waals surface area contributed by atoms with Crippen molar-refractivity contribution in [1.29, 1.82) is 0 Å². The standard InChI is InChI=1S/C18H26N2O/c1-12(2)18-19-16-10-14(9-13(3)17(16)21-18)11-20(4)15-7-5-6-8-15/h9-10,12,15H,5-8,11H2,1-4H3. The molecule has 0 radical (unpaired) electrons. The molecule has 0 spiro atoms. The van der Waals surface area contributed by atoms with Crippen LogP contribution in [0.2, 0.25) is 0 Å². The van der Waals surface area contributed by atoms with Gasteiger partial charge in [-0.2, -0.15) is 0 Å². The molecule has 0 N–H and O–H groups in total. The van der Waals surface area contributed by atoms with Crippen LogP contribution >= 0.6 is 0 Å². The maximum atomic E-state index is 5.90. The van der Waals surface area contributed by atoms with Crippen molar-refractivity contribution in [2.24, 2.45) is 0 Å². The van der Waals surface area contributed by atoms with E-state index in [1.54, 1.807) is 0 Å². The van der Waals surface area contributed by atoms with E-state index < -0.39 is 0 Å². The van der Waals surface area contributed by atoms with Crippen LogP contribution in [0.25, 0.3) is 11.1 Å². The van der Waals surface area contributed by atoms with Gasteiger partial charge in [-0.1, -0.05) is 32.8 Å². The third-order valence-electron chi connectivity index (χ3n) is 4.63. The highest BCUT2D eigenvalue weighted by Gasteiger charge is 2.20. The van der Waals surface area contributed by atoms with E-state index in [-0.39, 0.29) is 0 Å². The zero-order chi connectivity index (χ0) is 15.0. The number of nitrogens with zero attached hydrogens (tertiary/aromatic N) is 2. The fourth-order valence-electron chi connectivity index (χ4n) is 3.39. The Balaban J connectivity index is 1.85. The van der Waals surface area contributed by atoms with Crippen molar-refractivity contribution in [2.45, 2.75) is 65.0 Å². The van der Waals surface area contributed by atoms with Crippen LogP contribution in [0, 0.1) is 6.92 Å². The third kappa shape index (κ3) is 2.98. The highest BCUT2D eigenvalue weighted by molar-refractivity contribution is 5.77. The van der Waals surface area contributed by atoms with Crippen LogP contribution in [0.1, 0.15) is 62.5 Å². The van der Waals surface area contributed by atoms with E-state index in [1.807, 2.05) is 0 Å². The Morgan fingerprint density at radius 2 is 2.00 bits per heavy atom. The van der Waals surface area contributed by atoms with Crippen LogP contribution in [0.5, 0.6) is 0 Å². The number of hydrogen-bond acceptors (Lipinski definition) is 3. The molecule has 0 amide bonds. The number of aryl methyl sites for hydroxylation is 1. The molecule has 0 atom stereocenters. The van der Waals surface area contributed by atoms with Crippen LogP contribution in [0.4, 0.5) is 0 Å². The van der Waals surface area contributed by atoms with Gasteiger partial charge >= 0.3 is 0 Å². The van der Waals surface area contributed by atoms with Gasteiger partial charge in [-0.3, -0.25) is 4.90 Å². The van der Waals surface area contributed by atoms with E-state index in [9.17, 15) is 0 Å². The van der Waals surface area contributed by atoms with Gasteiger partial charge in [0.25, 0.3) is 0 Å². The predicted molar refractivity (Wildman–Crippen MR) is 86.6 cm³/mol. The Hall–Kier alpha value is -1.35. The molecule has 0 bridgehead atoms. The number of aromatic nitrogens is 1. The van der Waals surface area contributed by atoms with Crippen molar-refractivity contribution in [3.05, 3.63) is 29.2 Å². The Labute approximate surface area is 127 Å². The van der Waals surface area contributed by atoms with Gasteiger partial charge in [0.15, 0.2) is 11.5 Å². The Bertz CT molecular complexity index is 623. The monoisotopic (exact) mass is 286 g/mol. The molecule has 1 fully saturated rings. The van der Waals surface area contributed by atoms with E-state index in [1.165, 1.54) is 36.8 Å². The first kappa shape index (κ1) is 14.6. The molecule has 21 heavy (non-hydrogen) atoms. The highest BCUT2D eigenvalue weighted by atomic mass is 16.3. The maximum Gasteiger partial charge on any atom is 0.198 e. The lowest BCUT2D eigenvalue weighted by Crippen LogP contribution is -2.28. The van der Waals surface area contributed by atoms with E-state index in [2.05, 4.69) is 49.8 Å². The van der Waals surface area contributed by atoms with Crippen molar-refractivity contribution < 1.29 is 4.42 Å². The van der Waals surface area contributed by atoms with Gasteiger partial charge in [0.2, 0.25) is 0 Å². The van der Waals surface area contributed by atoms with E-state index in [0.717, 1.165) is 29.6 Å². The fraction of sp³-hybridized carbons (Fsp3) is 0.611. The van der Waals surface area contributed by atoms with Gasteiger partial charge < -0.3 is 4.42 Å². The number of benzene rings is 1. The minimum atomic E-state index is 0.335. The molecule has 0 unspecified atom stereocenters. The van der Waals surface area contributed by atoms with Gasteiger partial charge in [-0.15, -0.1) is 0 Å². The molecule has 1 aromatic heterocycles. The summed E-state index contributed by atoms with van der Waals surface area (Å²) >= 11 is 0. The van der Waals surface area contributed by atoms with E-state index >= 15 is 0 Å². The van der Waals surface area contributed by atoms with Gasteiger partial charge in [0, 0.05) is 18.5 Å². The van der Waals surface area contributed by atoms with Crippen LogP contribution in [0.3, 0.4) is 0 Å². The summed E-state index contributed by atoms with van der Waals surface area (Å²) in [6.45, 7) is 7.37. The lowest BCUT2D eigenvalue weighted by Gasteiger charge is -2.24. The summed E-state index contributed by atoms with van der Waals surface area (Å²) in [6.07, 6.45) is 5.46. The normalized spacial score (nSPS) is 16.7. The quantitative estimate of drug-likeness (QED) is 0.820. The number of rotatable bonds is 4. The molecule has 1 saturated carbocycles. The first-order valence-electron chi connectivity index (χ1n) is 8.15. The van der Waals surface area contributed by atoms with Crippen LogP contribution < -0.4 is 0 Å². The summed E-state index contributed by atoms with van der Waals surface area (Å²) in [5.41, 5.74) is 4.50. The molecule has 3 rings (SSSR count). The topological polar surface area (TPSA) is 29.3 Å². The second-order valence-electron chi connectivity index (χ2n) is 6.82. The Morgan fingerprint density at radius 3 is 2.67 bits per heavy atom. The molecule has 1 aromatic carbocycles. The summed E-state index contributed by atoms with van der Waals surface area (Å²) < 4.78 is 5.90. The van der Waals surface area contributed by atoms with Crippen molar-refractivity contribution in [1.82, 2.24) is 9.88 Å². The first-order valence-corrected chi connectivity index (χ1v) is 8.15. The molecule has 0 aliphatic heterocycles. The zero-order valence-electron chi connectivity index (χ0n) is 13.6. The second kappa shape index (κ2) is 5.80. The number of oxazole rings is 1. The molecular formula is C18H26N2O. The fourth-order valence-corrected chi connectivity index (χ4v) is 3.39. The molecule has 3 heteroatoms. The summed E-state index contributed by atoms with van der Waals surface area (Å²) in [4.78, 5) is 7.15. The van der Waals surface area contributed by atoms with Gasteiger partial charge in [0.05, 0.1) is 0 Å². The average Bonchev–Trinajstić information content (AvgIpc) is 3.07. The highest BCUT2D eigenvalue weighted by Crippen LogP contribution is 2.27. The minimum absolute atomic E-state index is 0.335. The molecule has 1 aliphatic carbocycles. The first-order chi connectivity index (χ1) is 10.0. The van der Waals surface area contributed by atoms with E-state index in [4.69, 9.17) is 4.42 Å². The molecule has 1 heterocycles. The van der Waals surface area contributed by atoms with Crippen LogP contribution in [-0.2, 0) is 6.54 Å². The lowest BCUT2D eigenvalue weighted by molar-refractivity contribution is 0.237. The molecule has 2 aromatic rings. The van der Waals surface area contributed by atoms with Crippen LogP contribution in [0.15, 0.2) is 16.5 Å². The molecular weight excluding hydrogens is 260 g/mol. The summed E-state index contributed by atoms with van der Waals surface area (Å²) in [7, 11) is 2.25. The largest absolute Gasteiger partial charge is 0.440 e. The van der Waals surface area contributed by atoms with Gasteiger partial charge in [0.1, 0.15) is 5.52 Å². The smallest absolute Gasteiger partial charge is 0.198 e. The van der Waals surface area contributed by atoms with Crippen molar-refractivity contribution in [3.63, 3.8) is 0 Å². The van der Waals surface area contributed by atoms with Gasteiger partial charge in [-0.25, -0.2) is 4.98 Å². The van der Waals surface area contributed by atoms with Gasteiger partial charge in [-0.05, 0) is 44.0 Å². The Morgan fingerprint density at radius 1 is 1.29 bits per heavy atom. The zero-order valence-corrected chi connectivity index (χ0v) is 13.6. The third-order valence-corrected chi connectivity index (χ3v) is 4.63. The van der Waals surface area contributed by atoms with Crippen molar-refractivity contribution in [2.75, 3.05) is 7.05 Å². The molecule has 3 nitrogen and oxygen atoms in total. The van der Waals surface area contributed by atoms with E-state index in [0.29, 0.717) is 5.92 Å². The predicted octanol–water partition coefficient (Wildman–Crippen LogP) is 4.63. The summed E-state index contributed by atoms with van der Waals surface area (Å²) in [6, 6.07) is 5.20. The maximum absolute atomic E-state index is 5.90. The molecule has 1 aliphatic rings. The van der Waals surface area contributed by atoms with Crippen molar-refractivity contribution >= 4 is 11.1 Å². The lowest BCUT2D eigenvalue weighted by atomic mass is 10.1. The molecule has 114 valence electrons. The summed E-state index contributed by atoms with van der Waals surface area (Å²) in [5, 5.41) is 0. The Kier molecular flexibility index (Phi) is 4.03. The SMILES string of the molecule is Cc1cc(CN(C)C2CCCC2)cc2nc(C(C)C)oc12. The minimum Gasteiger partial charge on any atom is -0.440 e. The number of hydrogen-bond donors (Lipinski definition) is 0. The van der Waals surface area contributed by atoms with Crippen LogP contribution in [-0.4, -0.2) is 23.0 Å². The summed E-state index contributed by atoms with van der Waals surface area (Å²) in [5.74, 6) is 1.18. The molecule has 0 saturated heterocycles. The van der Waals surface area contributed by atoms with Crippen molar-refractivity contribution in [3.8, 4) is 0 Å². The second-order valence-corrected chi connectivity index (χ2v) is 6.82.